The number of nitrogens with one attached hydrogen (secondary N) is 1. The number of ether oxygens (including phenoxy) is 1. The van der Waals surface area contributed by atoms with Gasteiger partial charge in [-0.3, -0.25) is 4.79 Å². The van der Waals surface area contributed by atoms with E-state index in [1.807, 2.05) is 30.3 Å². The number of hydrogen-bond acceptors (Lipinski definition) is 3. The van der Waals surface area contributed by atoms with Crippen molar-refractivity contribution in [2.75, 3.05) is 26.3 Å². The summed E-state index contributed by atoms with van der Waals surface area (Å²) < 4.78 is 5.46. The molecule has 0 saturated carbocycles. The molecule has 0 aromatic heterocycles. The van der Waals surface area contributed by atoms with Gasteiger partial charge in [0.15, 0.2) is 0 Å². The van der Waals surface area contributed by atoms with Crippen LogP contribution >= 0.6 is 0 Å². The van der Waals surface area contributed by atoms with Gasteiger partial charge in [-0.2, -0.15) is 0 Å². The summed E-state index contributed by atoms with van der Waals surface area (Å²) in [6.07, 6.45) is 0.659. The number of aliphatic carboxylic acids is 1. The molecule has 1 fully saturated rings. The highest BCUT2D eigenvalue weighted by molar-refractivity contribution is 5.75. The number of carboxylic acid groups (broad SMARTS) is 1. The number of benzene rings is 1. The summed E-state index contributed by atoms with van der Waals surface area (Å²) in [5.74, 6) is -0.918. The van der Waals surface area contributed by atoms with Crippen molar-refractivity contribution in [1.82, 2.24) is 10.2 Å². The van der Waals surface area contributed by atoms with Gasteiger partial charge in [-0.05, 0) is 12.0 Å². The third-order valence-corrected chi connectivity index (χ3v) is 3.42. The summed E-state index contributed by atoms with van der Waals surface area (Å²) in [7, 11) is 0. The van der Waals surface area contributed by atoms with E-state index in [0.717, 1.165) is 12.0 Å². The lowest BCUT2D eigenvalue weighted by atomic mass is 10.0. The summed E-state index contributed by atoms with van der Waals surface area (Å²) in [4.78, 5) is 24.4. The third-order valence-electron chi connectivity index (χ3n) is 3.42. The Balaban J connectivity index is 1.91. The van der Waals surface area contributed by atoms with E-state index < -0.39 is 5.97 Å². The Morgan fingerprint density at radius 2 is 2.10 bits per heavy atom. The molecule has 0 spiro atoms. The zero-order valence-electron chi connectivity index (χ0n) is 11.8. The van der Waals surface area contributed by atoms with Crippen LogP contribution in [-0.2, 0) is 16.0 Å². The van der Waals surface area contributed by atoms with Gasteiger partial charge in [0, 0.05) is 13.1 Å². The maximum atomic E-state index is 12.1. The quantitative estimate of drug-likeness (QED) is 0.852. The molecule has 114 valence electrons. The van der Waals surface area contributed by atoms with E-state index >= 15 is 0 Å². The van der Waals surface area contributed by atoms with E-state index in [-0.39, 0.29) is 25.0 Å². The van der Waals surface area contributed by atoms with Gasteiger partial charge in [-0.1, -0.05) is 30.3 Å². The lowest BCUT2D eigenvalue weighted by Gasteiger charge is -2.35. The standard InChI is InChI=1S/C15H20N2O4/c18-14(19)6-7-16-15(20)17-8-9-21-11-13(17)10-12-4-2-1-3-5-12/h1-5,13H,6-11H2,(H,16,20)(H,18,19). The van der Waals surface area contributed by atoms with E-state index in [4.69, 9.17) is 9.84 Å². The van der Waals surface area contributed by atoms with Gasteiger partial charge in [0.1, 0.15) is 0 Å². The molecule has 2 rings (SSSR count). The van der Waals surface area contributed by atoms with Crippen LogP contribution in [0.3, 0.4) is 0 Å². The first kappa shape index (κ1) is 15.3. The second-order valence-electron chi connectivity index (χ2n) is 4.99. The maximum Gasteiger partial charge on any atom is 0.317 e. The number of carboxylic acids is 1. The molecule has 1 aromatic rings. The van der Waals surface area contributed by atoms with Crippen LogP contribution in [0.5, 0.6) is 0 Å². The average molecular weight is 292 g/mol. The van der Waals surface area contributed by atoms with Crippen LogP contribution in [0.15, 0.2) is 30.3 Å². The fraction of sp³-hybridized carbons (Fsp3) is 0.467. The molecule has 1 aliphatic heterocycles. The summed E-state index contributed by atoms with van der Waals surface area (Å²) in [5, 5.41) is 11.2. The van der Waals surface area contributed by atoms with Gasteiger partial charge in [0.2, 0.25) is 0 Å². The van der Waals surface area contributed by atoms with Gasteiger partial charge in [-0.25, -0.2) is 4.79 Å². The first-order valence-corrected chi connectivity index (χ1v) is 7.05. The summed E-state index contributed by atoms with van der Waals surface area (Å²) in [6, 6.07) is 9.69. The lowest BCUT2D eigenvalue weighted by Crippen LogP contribution is -2.53. The Hall–Kier alpha value is -2.08. The number of urea groups is 1. The molecule has 1 unspecified atom stereocenters. The van der Waals surface area contributed by atoms with Crippen LogP contribution < -0.4 is 5.32 Å². The fourth-order valence-corrected chi connectivity index (χ4v) is 2.36. The first-order valence-electron chi connectivity index (χ1n) is 7.05. The summed E-state index contributed by atoms with van der Waals surface area (Å²) >= 11 is 0. The number of nitrogens with zero attached hydrogens (tertiary/aromatic N) is 1. The predicted molar refractivity (Wildman–Crippen MR) is 77.1 cm³/mol. The van der Waals surface area contributed by atoms with E-state index in [1.54, 1.807) is 4.90 Å². The highest BCUT2D eigenvalue weighted by Gasteiger charge is 2.27. The van der Waals surface area contributed by atoms with E-state index in [2.05, 4.69) is 5.32 Å². The molecule has 6 heteroatoms. The maximum absolute atomic E-state index is 12.1. The third kappa shape index (κ3) is 4.75. The van der Waals surface area contributed by atoms with Crippen LogP contribution in [0.25, 0.3) is 0 Å². The minimum Gasteiger partial charge on any atom is -0.481 e. The fourth-order valence-electron chi connectivity index (χ4n) is 2.36. The van der Waals surface area contributed by atoms with Crippen LogP contribution in [0.4, 0.5) is 4.79 Å². The topological polar surface area (TPSA) is 78.9 Å². The molecule has 1 atom stereocenters. The first-order chi connectivity index (χ1) is 10.2. The number of rotatable bonds is 5. The number of morpholine rings is 1. The molecule has 0 bridgehead atoms. The van der Waals surface area contributed by atoms with Gasteiger partial charge >= 0.3 is 12.0 Å². The molecular formula is C15H20N2O4. The molecule has 2 N–H and O–H groups in total. The van der Waals surface area contributed by atoms with E-state index in [1.165, 1.54) is 0 Å². The molecule has 1 aliphatic rings. The highest BCUT2D eigenvalue weighted by atomic mass is 16.5. The highest BCUT2D eigenvalue weighted by Crippen LogP contribution is 2.13. The van der Waals surface area contributed by atoms with Gasteiger partial charge in [-0.15, -0.1) is 0 Å². The predicted octanol–water partition coefficient (Wildman–Crippen LogP) is 1.11. The molecule has 1 saturated heterocycles. The van der Waals surface area contributed by atoms with Gasteiger partial charge in [0.05, 0.1) is 25.7 Å². The molecular weight excluding hydrogens is 272 g/mol. The van der Waals surface area contributed by atoms with Gasteiger partial charge in [0.25, 0.3) is 0 Å². The molecule has 0 radical (unpaired) electrons. The largest absolute Gasteiger partial charge is 0.481 e. The molecule has 0 aliphatic carbocycles. The average Bonchev–Trinajstić information content (AvgIpc) is 2.48. The van der Waals surface area contributed by atoms with Crippen molar-refractivity contribution in [3.63, 3.8) is 0 Å². The number of hydrogen-bond donors (Lipinski definition) is 2. The van der Waals surface area contributed by atoms with E-state index in [0.29, 0.717) is 19.8 Å². The Labute approximate surface area is 123 Å². The second-order valence-corrected chi connectivity index (χ2v) is 4.99. The normalized spacial score (nSPS) is 18.3. The summed E-state index contributed by atoms with van der Waals surface area (Å²) in [5.41, 5.74) is 1.15. The van der Waals surface area contributed by atoms with Crippen LogP contribution in [0, 0.1) is 0 Å². The smallest absolute Gasteiger partial charge is 0.317 e. The number of carbonyl (C=O) groups excluding carboxylic acids is 1. The summed E-state index contributed by atoms with van der Waals surface area (Å²) in [6.45, 7) is 1.68. The number of amides is 2. The Kier molecular flexibility index (Phi) is 5.57. The van der Waals surface area contributed by atoms with Crippen molar-refractivity contribution >= 4 is 12.0 Å². The van der Waals surface area contributed by atoms with Crippen molar-refractivity contribution in [1.29, 1.82) is 0 Å². The molecule has 1 aromatic carbocycles. The van der Waals surface area contributed by atoms with Crippen LogP contribution in [-0.4, -0.2) is 54.4 Å². The molecule has 2 amide bonds. The Bertz CT molecular complexity index is 478. The molecule has 1 heterocycles. The Morgan fingerprint density at radius 1 is 1.33 bits per heavy atom. The molecule has 21 heavy (non-hydrogen) atoms. The van der Waals surface area contributed by atoms with Crippen molar-refractivity contribution in [2.45, 2.75) is 18.9 Å². The lowest BCUT2D eigenvalue weighted by molar-refractivity contribution is -0.136. The van der Waals surface area contributed by atoms with Crippen molar-refractivity contribution in [3.05, 3.63) is 35.9 Å². The van der Waals surface area contributed by atoms with Crippen molar-refractivity contribution in [3.8, 4) is 0 Å². The van der Waals surface area contributed by atoms with Crippen molar-refractivity contribution < 1.29 is 19.4 Å². The zero-order chi connectivity index (χ0) is 15.1. The van der Waals surface area contributed by atoms with E-state index in [9.17, 15) is 9.59 Å². The Morgan fingerprint density at radius 3 is 2.81 bits per heavy atom. The minimum atomic E-state index is -0.918. The molecule has 6 nitrogen and oxygen atoms in total. The van der Waals surface area contributed by atoms with Crippen LogP contribution in [0.1, 0.15) is 12.0 Å². The van der Waals surface area contributed by atoms with Crippen molar-refractivity contribution in [2.24, 2.45) is 0 Å². The monoisotopic (exact) mass is 292 g/mol. The number of carbonyl (C=O) groups is 2. The van der Waals surface area contributed by atoms with Crippen LogP contribution in [0.2, 0.25) is 0 Å². The minimum absolute atomic E-state index is 0.0222. The van der Waals surface area contributed by atoms with Gasteiger partial charge < -0.3 is 20.1 Å². The second kappa shape index (κ2) is 7.64. The SMILES string of the molecule is O=C(O)CCNC(=O)N1CCOCC1Cc1ccccc1. The zero-order valence-corrected chi connectivity index (χ0v) is 11.8.